The van der Waals surface area contributed by atoms with E-state index in [0.29, 0.717) is 23.7 Å². The van der Waals surface area contributed by atoms with Gasteiger partial charge < -0.3 is 14.2 Å². The number of rotatable bonds is 6. The van der Waals surface area contributed by atoms with E-state index < -0.39 is 11.9 Å². The van der Waals surface area contributed by atoms with Gasteiger partial charge in [0.1, 0.15) is 5.82 Å². The number of aryl methyl sites for hydroxylation is 1. The molecule has 0 aliphatic rings. The highest BCUT2D eigenvalue weighted by molar-refractivity contribution is 6.28. The summed E-state index contributed by atoms with van der Waals surface area (Å²) in [6.07, 6.45) is -2.02. The highest BCUT2D eigenvalue weighted by atomic mass is 35.5. The molecule has 6 nitrogen and oxygen atoms in total. The summed E-state index contributed by atoms with van der Waals surface area (Å²) in [5.74, 6) is 1.31. The van der Waals surface area contributed by atoms with Crippen LogP contribution in [0.25, 0.3) is 11.4 Å². The van der Waals surface area contributed by atoms with Crippen LogP contribution in [0.15, 0.2) is 36.7 Å². The first-order chi connectivity index (χ1) is 14.0. The summed E-state index contributed by atoms with van der Waals surface area (Å²) >= 11 is 5.94. The minimum absolute atomic E-state index is 0.0550. The van der Waals surface area contributed by atoms with Gasteiger partial charge >= 0.3 is 6.18 Å². The first kappa shape index (κ1) is 21.9. The Morgan fingerprint density at radius 3 is 2.40 bits per heavy atom. The molecule has 0 N–H and O–H groups in total. The van der Waals surface area contributed by atoms with Gasteiger partial charge in [-0.3, -0.25) is 0 Å². The zero-order valence-electron chi connectivity index (χ0n) is 16.9. The Kier molecular flexibility index (Phi) is 6.21. The van der Waals surface area contributed by atoms with Gasteiger partial charge in [0.25, 0.3) is 0 Å². The van der Waals surface area contributed by atoms with Crippen molar-refractivity contribution in [3.8, 4) is 17.1 Å². The fourth-order valence-electron chi connectivity index (χ4n) is 2.93. The van der Waals surface area contributed by atoms with Crippen LogP contribution in [0, 0.1) is 0 Å². The van der Waals surface area contributed by atoms with E-state index in [1.165, 1.54) is 17.8 Å². The summed E-state index contributed by atoms with van der Waals surface area (Å²) in [5.41, 5.74) is 0.604. The maximum Gasteiger partial charge on any atom is 0.434 e. The number of alkyl halides is 3. The maximum atomic E-state index is 12.9. The molecular weight excluding hydrogens is 419 g/mol. The highest BCUT2D eigenvalue weighted by Crippen LogP contribution is 2.31. The van der Waals surface area contributed by atoms with Gasteiger partial charge in [-0.25, -0.2) is 9.97 Å². The van der Waals surface area contributed by atoms with Crippen LogP contribution in [0.5, 0.6) is 5.75 Å². The molecule has 0 atom stereocenters. The van der Waals surface area contributed by atoms with E-state index in [2.05, 4.69) is 15.0 Å². The molecule has 160 valence electrons. The van der Waals surface area contributed by atoms with Crippen LogP contribution >= 0.6 is 11.6 Å². The van der Waals surface area contributed by atoms with Gasteiger partial charge in [-0.2, -0.15) is 18.2 Å². The SMILES string of the molecule is CC(C)Oc1cnc(Cl)nc1N(C)Cc1ccc(-c2nc(C(F)(F)F)cn2C)cc1. The molecule has 10 heteroatoms. The number of imidazole rings is 1. The minimum Gasteiger partial charge on any atom is -0.486 e. The van der Waals surface area contributed by atoms with Crippen LogP contribution in [-0.2, 0) is 19.8 Å². The second-order valence-electron chi connectivity index (χ2n) is 7.10. The maximum absolute atomic E-state index is 12.9. The fourth-order valence-corrected chi connectivity index (χ4v) is 3.06. The van der Waals surface area contributed by atoms with E-state index in [1.807, 2.05) is 37.9 Å². The Hall–Kier alpha value is -2.81. The topological polar surface area (TPSA) is 56.1 Å². The van der Waals surface area contributed by atoms with Crippen molar-refractivity contribution >= 4 is 17.4 Å². The number of hydrogen-bond donors (Lipinski definition) is 0. The van der Waals surface area contributed by atoms with Crippen LogP contribution in [0.1, 0.15) is 25.1 Å². The summed E-state index contributed by atoms with van der Waals surface area (Å²) in [6, 6.07) is 7.15. The largest absolute Gasteiger partial charge is 0.486 e. The zero-order chi connectivity index (χ0) is 22.1. The predicted octanol–water partition coefficient (Wildman–Crippen LogP) is 4.97. The number of hydrogen-bond acceptors (Lipinski definition) is 5. The molecular formula is C20H21ClF3N5O. The summed E-state index contributed by atoms with van der Waals surface area (Å²) in [4.78, 5) is 13.8. The Balaban J connectivity index is 1.80. The van der Waals surface area contributed by atoms with Crippen LogP contribution in [0.2, 0.25) is 5.28 Å². The summed E-state index contributed by atoms with van der Waals surface area (Å²) in [5, 5.41) is 0.110. The molecule has 3 aromatic rings. The highest BCUT2D eigenvalue weighted by Gasteiger charge is 2.34. The first-order valence-corrected chi connectivity index (χ1v) is 9.52. The number of halogens is 4. The lowest BCUT2D eigenvalue weighted by molar-refractivity contribution is -0.140. The number of ether oxygens (including phenoxy) is 1. The molecule has 0 bridgehead atoms. The van der Waals surface area contributed by atoms with Gasteiger partial charge in [0.15, 0.2) is 17.3 Å². The molecule has 1 aromatic carbocycles. The average Bonchev–Trinajstić information content (AvgIpc) is 3.05. The molecule has 0 fully saturated rings. The molecule has 3 rings (SSSR count). The van der Waals surface area contributed by atoms with Crippen LogP contribution in [-0.4, -0.2) is 32.7 Å². The molecule has 0 spiro atoms. The third-order valence-electron chi connectivity index (χ3n) is 4.23. The van der Waals surface area contributed by atoms with Gasteiger partial charge in [-0.05, 0) is 31.0 Å². The molecule has 0 saturated carbocycles. The average molecular weight is 440 g/mol. The van der Waals surface area contributed by atoms with Crippen molar-refractivity contribution in [3.05, 3.63) is 53.2 Å². The summed E-state index contributed by atoms with van der Waals surface area (Å²) < 4.78 is 45.8. The lowest BCUT2D eigenvalue weighted by Gasteiger charge is -2.22. The first-order valence-electron chi connectivity index (χ1n) is 9.15. The lowest BCUT2D eigenvalue weighted by Crippen LogP contribution is -2.20. The monoisotopic (exact) mass is 439 g/mol. The van der Waals surface area contributed by atoms with Gasteiger partial charge in [-0.15, -0.1) is 0 Å². The normalized spacial score (nSPS) is 11.8. The van der Waals surface area contributed by atoms with Crippen LogP contribution < -0.4 is 9.64 Å². The number of benzene rings is 1. The number of nitrogens with zero attached hydrogens (tertiary/aromatic N) is 5. The van der Waals surface area contributed by atoms with Crippen molar-refractivity contribution in [3.63, 3.8) is 0 Å². The number of anilines is 1. The molecule has 30 heavy (non-hydrogen) atoms. The zero-order valence-corrected chi connectivity index (χ0v) is 17.7. The Morgan fingerprint density at radius 2 is 1.83 bits per heavy atom. The van der Waals surface area contributed by atoms with Crippen molar-refractivity contribution in [2.24, 2.45) is 7.05 Å². The molecule has 0 saturated heterocycles. The van der Waals surface area contributed by atoms with Gasteiger partial charge in [0.05, 0.1) is 12.3 Å². The van der Waals surface area contributed by atoms with Crippen molar-refractivity contribution in [2.45, 2.75) is 32.7 Å². The van der Waals surface area contributed by atoms with E-state index in [4.69, 9.17) is 16.3 Å². The van der Waals surface area contributed by atoms with Crippen molar-refractivity contribution < 1.29 is 17.9 Å². The molecule has 0 radical (unpaired) electrons. The Morgan fingerprint density at radius 1 is 1.17 bits per heavy atom. The lowest BCUT2D eigenvalue weighted by atomic mass is 10.1. The molecule has 2 heterocycles. The van der Waals surface area contributed by atoms with E-state index in [1.54, 1.807) is 12.1 Å². The van der Waals surface area contributed by atoms with Crippen molar-refractivity contribution in [2.75, 3.05) is 11.9 Å². The second kappa shape index (κ2) is 8.51. The summed E-state index contributed by atoms with van der Waals surface area (Å²) in [6.45, 7) is 4.29. The third kappa shape index (κ3) is 5.02. The molecule has 0 aliphatic carbocycles. The predicted molar refractivity (Wildman–Crippen MR) is 109 cm³/mol. The fraction of sp³-hybridized carbons (Fsp3) is 0.350. The van der Waals surface area contributed by atoms with E-state index >= 15 is 0 Å². The molecule has 2 aromatic heterocycles. The van der Waals surface area contributed by atoms with Crippen molar-refractivity contribution in [1.82, 2.24) is 19.5 Å². The molecule has 0 amide bonds. The van der Waals surface area contributed by atoms with Crippen LogP contribution in [0.3, 0.4) is 0 Å². The van der Waals surface area contributed by atoms with E-state index in [0.717, 1.165) is 11.8 Å². The van der Waals surface area contributed by atoms with Gasteiger partial charge in [-0.1, -0.05) is 24.3 Å². The Labute approximate surface area is 177 Å². The smallest absolute Gasteiger partial charge is 0.434 e. The van der Waals surface area contributed by atoms with Crippen LogP contribution in [0.4, 0.5) is 19.0 Å². The second-order valence-corrected chi connectivity index (χ2v) is 7.44. The van der Waals surface area contributed by atoms with E-state index in [-0.39, 0.29) is 17.2 Å². The van der Waals surface area contributed by atoms with Crippen molar-refractivity contribution in [1.29, 1.82) is 0 Å². The Bertz CT molecular complexity index is 1020. The van der Waals surface area contributed by atoms with E-state index in [9.17, 15) is 13.2 Å². The molecule has 0 unspecified atom stereocenters. The standard InChI is InChI=1S/C20H21ClF3N5O/c1-12(2)30-15-9-25-19(21)27-18(15)28(3)10-13-5-7-14(8-6-13)17-26-16(11-29(17)4)20(22,23)24/h5-9,11-12H,10H2,1-4H3. The van der Waals surface area contributed by atoms with Gasteiger partial charge in [0, 0.05) is 32.4 Å². The minimum atomic E-state index is -4.48. The quantitative estimate of drug-likeness (QED) is 0.507. The molecule has 0 aliphatic heterocycles. The van der Waals surface area contributed by atoms with Gasteiger partial charge in [0.2, 0.25) is 5.28 Å². The third-order valence-corrected chi connectivity index (χ3v) is 4.41. The number of aromatic nitrogens is 4. The summed E-state index contributed by atoms with van der Waals surface area (Å²) in [7, 11) is 3.38.